The van der Waals surface area contributed by atoms with Gasteiger partial charge in [-0.25, -0.2) is 13.4 Å². The molecule has 1 aliphatic heterocycles. The number of carbonyl (C=O) groups is 1. The van der Waals surface area contributed by atoms with E-state index in [2.05, 4.69) is 14.9 Å². The minimum Gasteiger partial charge on any atom is -0.347 e. The van der Waals surface area contributed by atoms with E-state index in [4.69, 9.17) is 0 Å². The van der Waals surface area contributed by atoms with Gasteiger partial charge in [0.25, 0.3) is 5.91 Å². The first-order valence-electron chi connectivity index (χ1n) is 8.06. The molecule has 0 unspecified atom stereocenters. The summed E-state index contributed by atoms with van der Waals surface area (Å²) < 4.78 is 26.4. The monoisotopic (exact) mass is 347 g/mol. The van der Waals surface area contributed by atoms with Gasteiger partial charge in [0.1, 0.15) is 5.82 Å². The highest BCUT2D eigenvalue weighted by atomic mass is 32.2. The van der Waals surface area contributed by atoms with Gasteiger partial charge in [-0.1, -0.05) is 19.1 Å². The summed E-state index contributed by atoms with van der Waals surface area (Å²) in [6.07, 6.45) is 3.57. The quantitative estimate of drug-likeness (QED) is 0.913. The number of nitrogens with zero attached hydrogens (tertiary/aromatic N) is 2. The van der Waals surface area contributed by atoms with Gasteiger partial charge in [0, 0.05) is 25.2 Å². The number of rotatable bonds is 4. The molecule has 128 valence electrons. The van der Waals surface area contributed by atoms with E-state index < -0.39 is 9.84 Å². The lowest BCUT2D eigenvalue weighted by molar-refractivity contribution is 0.0924. The van der Waals surface area contributed by atoms with Crippen molar-refractivity contribution in [1.29, 1.82) is 0 Å². The van der Waals surface area contributed by atoms with Crippen LogP contribution in [0.4, 0.5) is 0 Å². The minimum atomic E-state index is -3.44. The first-order valence-corrected chi connectivity index (χ1v) is 9.71. The van der Waals surface area contributed by atoms with Gasteiger partial charge in [-0.15, -0.1) is 0 Å². The number of hydrogen-bond acceptors (Lipinski definition) is 4. The average Bonchev–Trinajstić information content (AvgIpc) is 2.94. The predicted molar refractivity (Wildman–Crippen MR) is 90.7 cm³/mol. The van der Waals surface area contributed by atoms with Crippen LogP contribution in [0.3, 0.4) is 0 Å². The number of aryl methyl sites for hydroxylation is 2. The topological polar surface area (TPSA) is 81.1 Å². The summed E-state index contributed by atoms with van der Waals surface area (Å²) in [6.45, 7) is 4.18. The molecule has 1 amide bonds. The van der Waals surface area contributed by atoms with Crippen molar-refractivity contribution in [3.63, 3.8) is 0 Å². The van der Waals surface area contributed by atoms with Crippen molar-refractivity contribution in [3.05, 3.63) is 47.5 Å². The number of fused-ring (bicyclic) bond motifs is 1. The van der Waals surface area contributed by atoms with E-state index in [9.17, 15) is 13.2 Å². The summed E-state index contributed by atoms with van der Waals surface area (Å²) in [5, 5.41) is 2.97. The van der Waals surface area contributed by atoms with E-state index in [1.165, 1.54) is 6.07 Å². The van der Waals surface area contributed by atoms with E-state index in [0.717, 1.165) is 24.4 Å². The largest absolute Gasteiger partial charge is 0.347 e. The van der Waals surface area contributed by atoms with E-state index in [1.807, 2.05) is 13.1 Å². The highest BCUT2D eigenvalue weighted by Gasteiger charge is 2.25. The highest BCUT2D eigenvalue weighted by Crippen LogP contribution is 2.19. The second kappa shape index (κ2) is 6.39. The number of imidazole rings is 1. The molecule has 1 atom stereocenters. The number of carbonyl (C=O) groups excluding carboxylic acids is 1. The molecule has 0 aliphatic carbocycles. The molecule has 1 aliphatic rings. The molecule has 0 saturated heterocycles. The average molecular weight is 347 g/mol. The van der Waals surface area contributed by atoms with Gasteiger partial charge in [-0.3, -0.25) is 4.79 Å². The van der Waals surface area contributed by atoms with E-state index in [0.29, 0.717) is 6.54 Å². The smallest absolute Gasteiger partial charge is 0.252 e. The van der Waals surface area contributed by atoms with Crippen molar-refractivity contribution in [2.24, 2.45) is 0 Å². The fourth-order valence-electron chi connectivity index (χ4n) is 3.05. The van der Waals surface area contributed by atoms with Gasteiger partial charge < -0.3 is 9.88 Å². The first kappa shape index (κ1) is 16.7. The summed E-state index contributed by atoms with van der Waals surface area (Å²) in [4.78, 5) is 17.2. The molecule has 2 heterocycles. The van der Waals surface area contributed by atoms with Crippen LogP contribution in [0.25, 0.3) is 0 Å². The third kappa shape index (κ3) is 3.21. The Morgan fingerprint density at radius 3 is 2.88 bits per heavy atom. The molecular formula is C17H21N3O3S. The van der Waals surface area contributed by atoms with E-state index >= 15 is 0 Å². The lowest BCUT2D eigenvalue weighted by Crippen LogP contribution is -2.41. The molecule has 0 bridgehead atoms. The van der Waals surface area contributed by atoms with Crippen molar-refractivity contribution < 1.29 is 13.2 Å². The number of aromatic nitrogens is 2. The summed E-state index contributed by atoms with van der Waals surface area (Å²) in [6, 6.07) is 6.35. The SMILES string of the molecule is CCS(=O)(=O)c1ccccc1C(=O)N[C@H]1CCc2nc(C)cn2C1. The standard InChI is InChI=1S/C17H21N3O3S/c1-3-24(22,23)15-7-5-4-6-14(15)17(21)19-13-8-9-16-18-12(2)10-20(16)11-13/h4-7,10,13H,3,8-9,11H2,1-2H3,(H,19,21)/t13-/m0/s1. The van der Waals surface area contributed by atoms with Crippen LogP contribution in [0.15, 0.2) is 35.4 Å². The van der Waals surface area contributed by atoms with Crippen LogP contribution in [-0.4, -0.2) is 35.7 Å². The van der Waals surface area contributed by atoms with Crippen LogP contribution in [0.1, 0.15) is 35.2 Å². The van der Waals surface area contributed by atoms with Gasteiger partial charge in [0.15, 0.2) is 9.84 Å². The molecule has 24 heavy (non-hydrogen) atoms. The molecule has 6 nitrogen and oxygen atoms in total. The Morgan fingerprint density at radius 2 is 2.12 bits per heavy atom. The van der Waals surface area contributed by atoms with Crippen molar-refractivity contribution in [3.8, 4) is 0 Å². The van der Waals surface area contributed by atoms with Crippen LogP contribution >= 0.6 is 0 Å². The zero-order chi connectivity index (χ0) is 17.3. The third-order valence-corrected chi connectivity index (χ3v) is 6.08. The molecule has 0 spiro atoms. The summed E-state index contributed by atoms with van der Waals surface area (Å²) in [7, 11) is -3.44. The van der Waals surface area contributed by atoms with Crippen LogP contribution in [-0.2, 0) is 22.8 Å². The summed E-state index contributed by atoms with van der Waals surface area (Å²) >= 11 is 0. The number of hydrogen-bond donors (Lipinski definition) is 1. The molecule has 1 N–H and O–H groups in total. The Hall–Kier alpha value is -2.15. The molecular weight excluding hydrogens is 326 g/mol. The number of nitrogens with one attached hydrogen (secondary N) is 1. The van der Waals surface area contributed by atoms with Crippen molar-refractivity contribution in [2.75, 3.05) is 5.75 Å². The second-order valence-electron chi connectivity index (χ2n) is 6.06. The summed E-state index contributed by atoms with van der Waals surface area (Å²) in [5.41, 5.74) is 1.18. The molecule has 0 fully saturated rings. The maximum atomic E-state index is 12.6. The molecule has 7 heteroatoms. The second-order valence-corrected chi connectivity index (χ2v) is 8.31. The van der Waals surface area contributed by atoms with Gasteiger partial charge in [-0.05, 0) is 25.5 Å². The fraction of sp³-hybridized carbons (Fsp3) is 0.412. The Balaban J connectivity index is 1.80. The predicted octanol–water partition coefficient (Wildman–Crippen LogP) is 1.73. The van der Waals surface area contributed by atoms with Crippen LogP contribution < -0.4 is 5.32 Å². The van der Waals surface area contributed by atoms with Gasteiger partial charge >= 0.3 is 0 Å². The van der Waals surface area contributed by atoms with Gasteiger partial charge in [0.05, 0.1) is 21.9 Å². The molecule has 1 aromatic carbocycles. The van der Waals surface area contributed by atoms with Gasteiger partial charge in [-0.2, -0.15) is 0 Å². The van der Waals surface area contributed by atoms with Crippen LogP contribution in [0.2, 0.25) is 0 Å². The molecule has 1 aromatic heterocycles. The maximum absolute atomic E-state index is 12.6. The summed E-state index contributed by atoms with van der Waals surface area (Å²) in [5.74, 6) is 0.665. The Kier molecular flexibility index (Phi) is 4.45. The Bertz CT molecular complexity index is 871. The highest BCUT2D eigenvalue weighted by molar-refractivity contribution is 7.91. The zero-order valence-corrected chi connectivity index (χ0v) is 14.6. The minimum absolute atomic E-state index is 0.0294. The lowest BCUT2D eigenvalue weighted by Gasteiger charge is -2.25. The molecule has 0 saturated carbocycles. The van der Waals surface area contributed by atoms with E-state index in [1.54, 1.807) is 25.1 Å². The third-order valence-electron chi connectivity index (χ3n) is 4.30. The Labute approximate surface area is 141 Å². The molecule has 3 rings (SSSR count). The van der Waals surface area contributed by atoms with Crippen molar-refractivity contribution in [2.45, 2.75) is 44.2 Å². The normalized spacial score (nSPS) is 17.3. The van der Waals surface area contributed by atoms with Gasteiger partial charge in [0.2, 0.25) is 0 Å². The molecule has 2 aromatic rings. The zero-order valence-electron chi connectivity index (χ0n) is 13.8. The Morgan fingerprint density at radius 1 is 1.38 bits per heavy atom. The number of amides is 1. The van der Waals surface area contributed by atoms with Crippen molar-refractivity contribution >= 4 is 15.7 Å². The van der Waals surface area contributed by atoms with Crippen LogP contribution in [0.5, 0.6) is 0 Å². The maximum Gasteiger partial charge on any atom is 0.252 e. The number of benzene rings is 1. The van der Waals surface area contributed by atoms with Crippen molar-refractivity contribution in [1.82, 2.24) is 14.9 Å². The number of sulfone groups is 1. The van der Waals surface area contributed by atoms with E-state index in [-0.39, 0.29) is 28.2 Å². The van der Waals surface area contributed by atoms with Crippen LogP contribution in [0, 0.1) is 6.92 Å². The fourth-order valence-corrected chi connectivity index (χ4v) is 4.14. The first-order chi connectivity index (χ1) is 11.4. The lowest BCUT2D eigenvalue weighted by atomic mass is 10.1. The molecule has 0 radical (unpaired) electrons.